The SMILES string of the molecule is O=C1CCC(NC(=O)c2ccc(C(F)(F)F)cc2Oc2ccc(C(F)(F)F)nc2)CN1. The number of pyridine rings is 1. The number of carbonyl (C=O) groups is 2. The van der Waals surface area contributed by atoms with Crippen LogP contribution in [0.4, 0.5) is 26.3 Å². The van der Waals surface area contributed by atoms with Crippen molar-refractivity contribution in [3.63, 3.8) is 0 Å². The van der Waals surface area contributed by atoms with Gasteiger partial charge in [0.15, 0.2) is 0 Å². The van der Waals surface area contributed by atoms with Crippen LogP contribution in [0, 0.1) is 0 Å². The lowest BCUT2D eigenvalue weighted by atomic mass is 10.1. The van der Waals surface area contributed by atoms with Crippen LogP contribution in [0.25, 0.3) is 0 Å². The fraction of sp³-hybridized carbons (Fsp3) is 0.316. The molecule has 1 aliphatic rings. The van der Waals surface area contributed by atoms with E-state index in [4.69, 9.17) is 4.74 Å². The minimum Gasteiger partial charge on any atom is -0.455 e. The van der Waals surface area contributed by atoms with Crippen molar-refractivity contribution in [2.75, 3.05) is 6.54 Å². The maximum atomic E-state index is 13.1. The number of amides is 2. The van der Waals surface area contributed by atoms with Crippen LogP contribution in [0.3, 0.4) is 0 Å². The van der Waals surface area contributed by atoms with E-state index in [1.54, 1.807) is 0 Å². The van der Waals surface area contributed by atoms with E-state index in [1.165, 1.54) is 0 Å². The number of nitrogens with one attached hydrogen (secondary N) is 2. The molecule has 1 aromatic carbocycles. The van der Waals surface area contributed by atoms with Gasteiger partial charge in [0.05, 0.1) is 17.3 Å². The molecule has 2 amide bonds. The first-order chi connectivity index (χ1) is 14.4. The molecule has 0 saturated carbocycles. The van der Waals surface area contributed by atoms with Crippen molar-refractivity contribution in [1.82, 2.24) is 15.6 Å². The highest BCUT2D eigenvalue weighted by Crippen LogP contribution is 2.35. The lowest BCUT2D eigenvalue weighted by Gasteiger charge is -2.24. The van der Waals surface area contributed by atoms with Gasteiger partial charge in [-0.05, 0) is 36.8 Å². The first-order valence-corrected chi connectivity index (χ1v) is 8.93. The number of piperidine rings is 1. The number of benzene rings is 1. The Morgan fingerprint density at radius 1 is 1.10 bits per heavy atom. The van der Waals surface area contributed by atoms with Crippen molar-refractivity contribution in [2.24, 2.45) is 0 Å². The normalized spacial score (nSPS) is 17.1. The maximum Gasteiger partial charge on any atom is 0.433 e. The van der Waals surface area contributed by atoms with Crippen molar-refractivity contribution < 1.29 is 40.7 Å². The lowest BCUT2D eigenvalue weighted by molar-refractivity contribution is -0.141. The number of rotatable bonds is 4. The first-order valence-electron chi connectivity index (χ1n) is 8.93. The highest BCUT2D eigenvalue weighted by Gasteiger charge is 2.33. The Labute approximate surface area is 171 Å². The zero-order valence-corrected chi connectivity index (χ0v) is 15.6. The zero-order chi connectivity index (χ0) is 22.8. The maximum absolute atomic E-state index is 13.1. The predicted octanol–water partition coefficient (Wildman–Crippen LogP) is 3.92. The van der Waals surface area contributed by atoms with E-state index in [1.807, 2.05) is 0 Å². The summed E-state index contributed by atoms with van der Waals surface area (Å²) in [4.78, 5) is 27.0. The molecule has 1 aliphatic heterocycles. The molecule has 0 spiro atoms. The number of carbonyl (C=O) groups excluding carboxylic acids is 2. The number of aromatic nitrogens is 1. The second-order valence-electron chi connectivity index (χ2n) is 6.70. The van der Waals surface area contributed by atoms with Crippen LogP contribution in [0.2, 0.25) is 0 Å². The molecule has 1 atom stereocenters. The van der Waals surface area contributed by atoms with Gasteiger partial charge in [-0.2, -0.15) is 26.3 Å². The average Bonchev–Trinajstić information content (AvgIpc) is 2.68. The Morgan fingerprint density at radius 3 is 2.39 bits per heavy atom. The minimum absolute atomic E-state index is 0.157. The van der Waals surface area contributed by atoms with Crippen LogP contribution in [0.1, 0.15) is 34.5 Å². The molecule has 3 rings (SSSR count). The number of ether oxygens (including phenoxy) is 1. The molecule has 166 valence electrons. The standard InChI is InChI=1S/C19H15F6N3O3/c20-18(21,22)10-1-4-13(17(30)28-11-2-6-16(29)27-8-11)14(7-10)31-12-3-5-15(26-9-12)19(23,24)25/h1,3-5,7,9,11H,2,6,8H2,(H,27,29)(H,28,30). The summed E-state index contributed by atoms with van der Waals surface area (Å²) < 4.78 is 82.5. The molecule has 2 heterocycles. The van der Waals surface area contributed by atoms with Crippen LogP contribution in [-0.4, -0.2) is 29.4 Å². The summed E-state index contributed by atoms with van der Waals surface area (Å²) in [5.74, 6) is -1.73. The molecule has 2 N–H and O–H groups in total. The molecule has 12 heteroatoms. The Morgan fingerprint density at radius 2 is 1.84 bits per heavy atom. The van der Waals surface area contributed by atoms with E-state index in [0.29, 0.717) is 30.8 Å². The topological polar surface area (TPSA) is 80.3 Å². The van der Waals surface area contributed by atoms with Crippen LogP contribution in [0.5, 0.6) is 11.5 Å². The molecule has 6 nitrogen and oxygen atoms in total. The largest absolute Gasteiger partial charge is 0.455 e. The van der Waals surface area contributed by atoms with Crippen molar-refractivity contribution in [3.05, 3.63) is 53.3 Å². The summed E-state index contributed by atoms with van der Waals surface area (Å²) in [7, 11) is 0. The van der Waals surface area contributed by atoms with E-state index in [9.17, 15) is 35.9 Å². The van der Waals surface area contributed by atoms with E-state index >= 15 is 0 Å². The van der Waals surface area contributed by atoms with Crippen molar-refractivity contribution >= 4 is 11.8 Å². The van der Waals surface area contributed by atoms with Crippen LogP contribution < -0.4 is 15.4 Å². The van der Waals surface area contributed by atoms with E-state index in [2.05, 4.69) is 15.6 Å². The molecule has 0 bridgehead atoms. The third kappa shape index (κ3) is 5.64. The summed E-state index contributed by atoms with van der Waals surface area (Å²) in [6.45, 7) is 0.157. The van der Waals surface area contributed by atoms with Gasteiger partial charge in [-0.15, -0.1) is 0 Å². The Kier molecular flexibility index (Phi) is 6.09. The van der Waals surface area contributed by atoms with Crippen LogP contribution >= 0.6 is 0 Å². The highest BCUT2D eigenvalue weighted by molar-refractivity contribution is 5.97. The summed E-state index contributed by atoms with van der Waals surface area (Å²) in [6, 6.07) is 3.23. The number of alkyl halides is 6. The summed E-state index contributed by atoms with van der Waals surface area (Å²) >= 11 is 0. The third-order valence-electron chi connectivity index (χ3n) is 4.41. The third-order valence-corrected chi connectivity index (χ3v) is 4.41. The van der Waals surface area contributed by atoms with Crippen molar-refractivity contribution in [2.45, 2.75) is 31.2 Å². The average molecular weight is 447 g/mol. The van der Waals surface area contributed by atoms with Crippen LogP contribution in [-0.2, 0) is 17.1 Å². The van der Waals surface area contributed by atoms with Gasteiger partial charge in [-0.1, -0.05) is 0 Å². The molecule has 1 fully saturated rings. The second kappa shape index (κ2) is 8.44. The van der Waals surface area contributed by atoms with Gasteiger partial charge in [-0.25, -0.2) is 4.98 Å². The Hall–Kier alpha value is -3.31. The monoisotopic (exact) mass is 447 g/mol. The molecule has 2 aromatic rings. The van der Waals surface area contributed by atoms with Gasteiger partial charge in [0.25, 0.3) is 5.91 Å². The number of hydrogen-bond donors (Lipinski definition) is 2. The quantitative estimate of drug-likeness (QED) is 0.697. The van der Waals surface area contributed by atoms with Crippen molar-refractivity contribution in [1.29, 1.82) is 0 Å². The molecule has 31 heavy (non-hydrogen) atoms. The van der Waals surface area contributed by atoms with Gasteiger partial charge in [0, 0.05) is 19.0 Å². The van der Waals surface area contributed by atoms with Crippen LogP contribution in [0.15, 0.2) is 36.5 Å². The fourth-order valence-electron chi connectivity index (χ4n) is 2.83. The molecule has 0 radical (unpaired) electrons. The predicted molar refractivity (Wildman–Crippen MR) is 94.3 cm³/mol. The number of hydrogen-bond acceptors (Lipinski definition) is 4. The molecule has 1 unspecified atom stereocenters. The van der Waals surface area contributed by atoms with Gasteiger partial charge in [0.1, 0.15) is 17.2 Å². The van der Waals surface area contributed by atoms with E-state index in [-0.39, 0.29) is 30.2 Å². The first kappa shape index (κ1) is 22.4. The van der Waals surface area contributed by atoms with Crippen molar-refractivity contribution in [3.8, 4) is 11.5 Å². The van der Waals surface area contributed by atoms with Gasteiger partial charge < -0.3 is 15.4 Å². The molecule has 1 saturated heterocycles. The fourth-order valence-corrected chi connectivity index (χ4v) is 2.83. The Balaban J connectivity index is 1.87. The number of nitrogens with zero attached hydrogens (tertiary/aromatic N) is 1. The smallest absolute Gasteiger partial charge is 0.433 e. The van der Waals surface area contributed by atoms with Gasteiger partial charge in [0.2, 0.25) is 5.91 Å². The minimum atomic E-state index is -4.74. The summed E-state index contributed by atoms with van der Waals surface area (Å²) in [5.41, 5.74) is -2.57. The summed E-state index contributed by atoms with van der Waals surface area (Å²) in [6.07, 6.45) is -8.22. The molecule has 0 aliphatic carbocycles. The molecule has 1 aromatic heterocycles. The Bertz CT molecular complexity index is 963. The molecular weight excluding hydrogens is 432 g/mol. The van der Waals surface area contributed by atoms with Gasteiger partial charge >= 0.3 is 12.4 Å². The molecular formula is C19H15F6N3O3. The summed E-state index contributed by atoms with van der Waals surface area (Å²) in [5, 5.41) is 5.15. The zero-order valence-electron chi connectivity index (χ0n) is 15.6. The lowest BCUT2D eigenvalue weighted by Crippen LogP contribution is -2.47. The highest BCUT2D eigenvalue weighted by atomic mass is 19.4. The van der Waals surface area contributed by atoms with E-state index < -0.39 is 41.3 Å². The second-order valence-corrected chi connectivity index (χ2v) is 6.70. The number of halogens is 6. The van der Waals surface area contributed by atoms with E-state index in [0.717, 1.165) is 12.1 Å². The van der Waals surface area contributed by atoms with Gasteiger partial charge in [-0.3, -0.25) is 9.59 Å².